The average Bonchev–Trinajstić information content (AvgIpc) is 2.06. The molecule has 1 saturated heterocycles. The maximum Gasteiger partial charge on any atom is 0.00607 e. The summed E-state index contributed by atoms with van der Waals surface area (Å²) in [6.45, 7) is 4.35. The molecule has 0 saturated carbocycles. The molecule has 1 fully saturated rings. The summed E-state index contributed by atoms with van der Waals surface area (Å²) in [7, 11) is 0. The molecule has 0 aromatic heterocycles. The first-order valence-electron chi connectivity index (χ1n) is 4.37. The molecule has 0 aromatic rings. The van der Waals surface area contributed by atoms with E-state index in [1.54, 1.807) is 5.57 Å². The van der Waals surface area contributed by atoms with Crippen LogP contribution in [-0.2, 0) is 0 Å². The molecule has 0 aliphatic carbocycles. The van der Waals surface area contributed by atoms with Gasteiger partial charge in [-0.05, 0) is 37.5 Å². The third-order valence-corrected chi connectivity index (χ3v) is 3.14. The Hall–Kier alpha value is -0.170. The zero-order chi connectivity index (χ0) is 8.10. The Kier molecular flexibility index (Phi) is 3.78. The second-order valence-electron chi connectivity index (χ2n) is 2.74. The summed E-state index contributed by atoms with van der Waals surface area (Å²) in [6, 6.07) is 0. The topological polar surface area (TPSA) is 0 Å². The van der Waals surface area contributed by atoms with Crippen LogP contribution in [0.1, 0.15) is 33.1 Å². The molecular formula is C10H16S. The van der Waals surface area contributed by atoms with Crippen molar-refractivity contribution in [2.24, 2.45) is 0 Å². The van der Waals surface area contributed by atoms with Gasteiger partial charge in [0.2, 0.25) is 0 Å². The van der Waals surface area contributed by atoms with Crippen LogP contribution in [0.2, 0.25) is 0 Å². The van der Waals surface area contributed by atoms with E-state index in [1.807, 2.05) is 11.8 Å². The van der Waals surface area contributed by atoms with Crippen molar-refractivity contribution < 1.29 is 0 Å². The Labute approximate surface area is 73.8 Å². The predicted molar refractivity (Wildman–Crippen MR) is 53.8 cm³/mol. The summed E-state index contributed by atoms with van der Waals surface area (Å²) in [5.74, 6) is 1.31. The molecule has 0 bridgehead atoms. The fourth-order valence-electron chi connectivity index (χ4n) is 1.32. The molecule has 11 heavy (non-hydrogen) atoms. The quantitative estimate of drug-likeness (QED) is 0.574. The molecule has 1 aliphatic rings. The van der Waals surface area contributed by atoms with E-state index >= 15 is 0 Å². The molecule has 0 atom stereocenters. The first kappa shape index (κ1) is 8.92. The van der Waals surface area contributed by atoms with Crippen LogP contribution in [-0.4, -0.2) is 5.75 Å². The second kappa shape index (κ2) is 4.66. The van der Waals surface area contributed by atoms with Crippen LogP contribution < -0.4 is 0 Å². The Morgan fingerprint density at radius 3 is 3.00 bits per heavy atom. The molecule has 1 heterocycles. The summed E-state index contributed by atoms with van der Waals surface area (Å²) in [6.07, 6.45) is 8.41. The minimum Gasteiger partial charge on any atom is -0.126 e. The van der Waals surface area contributed by atoms with Gasteiger partial charge in [0.25, 0.3) is 0 Å². The monoisotopic (exact) mass is 168 g/mol. The van der Waals surface area contributed by atoms with Gasteiger partial charge in [0.15, 0.2) is 0 Å². The summed E-state index contributed by atoms with van der Waals surface area (Å²) in [5, 5.41) is 0. The third-order valence-electron chi connectivity index (χ3n) is 1.90. The van der Waals surface area contributed by atoms with Crippen LogP contribution in [0, 0.1) is 0 Å². The van der Waals surface area contributed by atoms with Crippen LogP contribution >= 0.6 is 11.8 Å². The van der Waals surface area contributed by atoms with Crippen molar-refractivity contribution in [3.8, 4) is 0 Å². The third kappa shape index (κ3) is 2.41. The molecule has 0 nitrogen and oxygen atoms in total. The van der Waals surface area contributed by atoms with Gasteiger partial charge >= 0.3 is 0 Å². The lowest BCUT2D eigenvalue weighted by Crippen LogP contribution is -1.96. The Morgan fingerprint density at radius 1 is 1.55 bits per heavy atom. The maximum absolute atomic E-state index is 2.35. The van der Waals surface area contributed by atoms with Gasteiger partial charge in [0.1, 0.15) is 0 Å². The lowest BCUT2D eigenvalue weighted by atomic mass is 10.1. The number of hydrogen-bond acceptors (Lipinski definition) is 1. The standard InChI is InChI=1S/C10H16S/c1-3-6-10-9(4-2)7-5-8-11-10/h4,6H,3,5,7-8H2,1-2H3/b9-4-,10-6+. The highest BCUT2D eigenvalue weighted by Crippen LogP contribution is 2.33. The summed E-state index contributed by atoms with van der Waals surface area (Å²) in [4.78, 5) is 1.53. The minimum atomic E-state index is 1.17. The normalized spacial score (nSPS) is 26.4. The van der Waals surface area contributed by atoms with Gasteiger partial charge in [0, 0.05) is 4.91 Å². The second-order valence-corrected chi connectivity index (χ2v) is 3.88. The lowest BCUT2D eigenvalue weighted by molar-refractivity contribution is 0.915. The highest BCUT2D eigenvalue weighted by molar-refractivity contribution is 8.03. The molecule has 1 rings (SSSR count). The number of thioether (sulfide) groups is 1. The number of allylic oxidation sites excluding steroid dienone is 3. The van der Waals surface area contributed by atoms with Gasteiger partial charge in [-0.25, -0.2) is 0 Å². The molecule has 62 valence electrons. The lowest BCUT2D eigenvalue weighted by Gasteiger charge is -2.16. The van der Waals surface area contributed by atoms with Crippen molar-refractivity contribution in [1.29, 1.82) is 0 Å². The molecule has 0 amide bonds. The van der Waals surface area contributed by atoms with Crippen molar-refractivity contribution in [2.75, 3.05) is 5.75 Å². The van der Waals surface area contributed by atoms with Gasteiger partial charge in [-0.1, -0.05) is 19.1 Å². The number of rotatable bonds is 1. The van der Waals surface area contributed by atoms with E-state index in [-0.39, 0.29) is 0 Å². The van der Waals surface area contributed by atoms with Gasteiger partial charge in [0.05, 0.1) is 0 Å². The molecule has 1 heteroatoms. The van der Waals surface area contributed by atoms with E-state index in [4.69, 9.17) is 0 Å². The molecule has 0 N–H and O–H groups in total. The van der Waals surface area contributed by atoms with Crippen LogP contribution in [0.4, 0.5) is 0 Å². The average molecular weight is 168 g/mol. The first-order chi connectivity index (χ1) is 5.38. The van der Waals surface area contributed by atoms with Crippen LogP contribution in [0.15, 0.2) is 22.6 Å². The molecule has 0 unspecified atom stereocenters. The van der Waals surface area contributed by atoms with E-state index in [0.29, 0.717) is 0 Å². The van der Waals surface area contributed by atoms with Gasteiger partial charge in [-0.2, -0.15) is 0 Å². The summed E-state index contributed by atoms with van der Waals surface area (Å²) in [5.41, 5.74) is 1.56. The van der Waals surface area contributed by atoms with Crippen LogP contribution in [0.25, 0.3) is 0 Å². The first-order valence-corrected chi connectivity index (χ1v) is 5.35. The zero-order valence-electron chi connectivity index (χ0n) is 7.39. The Balaban J connectivity index is 2.67. The van der Waals surface area contributed by atoms with E-state index in [1.165, 1.54) is 29.9 Å². The molecule has 0 radical (unpaired) electrons. The van der Waals surface area contributed by atoms with E-state index in [9.17, 15) is 0 Å². The van der Waals surface area contributed by atoms with E-state index in [0.717, 1.165) is 0 Å². The molecule has 0 spiro atoms. The fourth-order valence-corrected chi connectivity index (χ4v) is 2.52. The molecule has 0 aromatic carbocycles. The highest BCUT2D eigenvalue weighted by atomic mass is 32.2. The van der Waals surface area contributed by atoms with Crippen molar-refractivity contribution in [1.82, 2.24) is 0 Å². The minimum absolute atomic E-state index is 1.17. The largest absolute Gasteiger partial charge is 0.126 e. The van der Waals surface area contributed by atoms with Crippen LogP contribution in [0.3, 0.4) is 0 Å². The smallest absolute Gasteiger partial charge is 0.00607 e. The number of hydrogen-bond donors (Lipinski definition) is 0. The van der Waals surface area contributed by atoms with Crippen molar-refractivity contribution in [3.63, 3.8) is 0 Å². The SMILES string of the molecule is C/C=C1/CCCS/C1=C/CC. The highest BCUT2D eigenvalue weighted by Gasteiger charge is 2.09. The van der Waals surface area contributed by atoms with Crippen molar-refractivity contribution in [2.45, 2.75) is 33.1 Å². The van der Waals surface area contributed by atoms with Crippen LogP contribution in [0.5, 0.6) is 0 Å². The van der Waals surface area contributed by atoms with Gasteiger partial charge < -0.3 is 0 Å². The maximum atomic E-state index is 2.35. The van der Waals surface area contributed by atoms with E-state index < -0.39 is 0 Å². The van der Waals surface area contributed by atoms with Crippen molar-refractivity contribution in [3.05, 3.63) is 22.6 Å². The zero-order valence-corrected chi connectivity index (χ0v) is 8.21. The Morgan fingerprint density at radius 2 is 2.36 bits per heavy atom. The Bertz CT molecular complexity index is 177. The summed E-state index contributed by atoms with van der Waals surface area (Å²) >= 11 is 2.01. The van der Waals surface area contributed by atoms with Gasteiger partial charge in [-0.3, -0.25) is 0 Å². The van der Waals surface area contributed by atoms with Gasteiger partial charge in [-0.15, -0.1) is 11.8 Å². The summed E-state index contributed by atoms with van der Waals surface area (Å²) < 4.78 is 0. The predicted octanol–water partition coefficient (Wildman–Crippen LogP) is 3.75. The van der Waals surface area contributed by atoms with E-state index in [2.05, 4.69) is 26.0 Å². The molecular weight excluding hydrogens is 152 g/mol. The fraction of sp³-hybridized carbons (Fsp3) is 0.600. The molecule has 1 aliphatic heterocycles. The van der Waals surface area contributed by atoms with Crippen molar-refractivity contribution >= 4 is 11.8 Å².